The highest BCUT2D eigenvalue weighted by Crippen LogP contribution is 2.15. The van der Waals surface area contributed by atoms with Crippen molar-refractivity contribution < 1.29 is 9.47 Å². The van der Waals surface area contributed by atoms with Crippen LogP contribution in [0.4, 0.5) is 5.82 Å². The minimum absolute atomic E-state index is 0.696. The lowest BCUT2D eigenvalue weighted by molar-refractivity contribution is 0.191. The molecular weight excluding hydrogens is 284 g/mol. The maximum Gasteiger partial charge on any atom is 0.129 e. The second kappa shape index (κ2) is 8.44. The molecule has 0 radical (unpaired) electrons. The quantitative estimate of drug-likeness (QED) is 0.545. The SMILES string of the molecule is COCCCN(CCOC)c1cccc(Br)n1. The van der Waals surface area contributed by atoms with Crippen molar-refractivity contribution in [2.45, 2.75) is 6.42 Å². The van der Waals surface area contributed by atoms with Crippen molar-refractivity contribution in [2.75, 3.05) is 45.4 Å². The lowest BCUT2D eigenvalue weighted by atomic mass is 10.3. The summed E-state index contributed by atoms with van der Waals surface area (Å²) in [5.74, 6) is 0.965. The molecular formula is C12H19BrN2O2. The summed E-state index contributed by atoms with van der Waals surface area (Å²) < 4.78 is 11.0. The van der Waals surface area contributed by atoms with Crippen LogP contribution in [-0.2, 0) is 9.47 Å². The Hall–Kier alpha value is -0.650. The number of pyridine rings is 1. The zero-order chi connectivity index (χ0) is 12.5. The van der Waals surface area contributed by atoms with Gasteiger partial charge in [0.2, 0.25) is 0 Å². The topological polar surface area (TPSA) is 34.6 Å². The van der Waals surface area contributed by atoms with Crippen LogP contribution < -0.4 is 4.90 Å². The molecule has 0 aromatic carbocycles. The molecule has 0 saturated carbocycles. The van der Waals surface area contributed by atoms with Gasteiger partial charge in [0.05, 0.1) is 6.61 Å². The second-order valence-corrected chi connectivity index (χ2v) is 4.46. The van der Waals surface area contributed by atoms with Crippen molar-refractivity contribution in [1.29, 1.82) is 0 Å². The summed E-state index contributed by atoms with van der Waals surface area (Å²) in [5, 5.41) is 0. The molecule has 0 amide bonds. The Morgan fingerprint density at radius 2 is 1.94 bits per heavy atom. The molecule has 1 heterocycles. The Labute approximate surface area is 111 Å². The number of hydrogen-bond acceptors (Lipinski definition) is 4. The summed E-state index contributed by atoms with van der Waals surface area (Å²) in [6, 6.07) is 5.92. The van der Waals surface area contributed by atoms with Crippen molar-refractivity contribution in [3.63, 3.8) is 0 Å². The molecule has 0 aliphatic heterocycles. The van der Waals surface area contributed by atoms with Crippen molar-refractivity contribution >= 4 is 21.7 Å². The van der Waals surface area contributed by atoms with E-state index < -0.39 is 0 Å². The molecule has 1 aromatic heterocycles. The van der Waals surface area contributed by atoms with Gasteiger partial charge in [-0.05, 0) is 34.5 Å². The third-order valence-electron chi connectivity index (χ3n) is 2.37. The van der Waals surface area contributed by atoms with E-state index in [1.807, 2.05) is 18.2 Å². The average molecular weight is 303 g/mol. The smallest absolute Gasteiger partial charge is 0.129 e. The third kappa shape index (κ3) is 5.48. The largest absolute Gasteiger partial charge is 0.385 e. The molecule has 0 aliphatic rings. The first-order chi connectivity index (χ1) is 8.27. The maximum atomic E-state index is 5.12. The van der Waals surface area contributed by atoms with E-state index in [9.17, 15) is 0 Å². The Kier molecular flexibility index (Phi) is 7.16. The summed E-state index contributed by atoms with van der Waals surface area (Å²) in [7, 11) is 3.43. The summed E-state index contributed by atoms with van der Waals surface area (Å²) in [4.78, 5) is 6.65. The maximum absolute atomic E-state index is 5.12. The molecule has 0 fully saturated rings. The number of anilines is 1. The van der Waals surface area contributed by atoms with Crippen molar-refractivity contribution in [3.8, 4) is 0 Å². The lowest BCUT2D eigenvalue weighted by Gasteiger charge is -2.23. The molecule has 1 rings (SSSR count). The van der Waals surface area contributed by atoms with Crippen LogP contribution in [0.15, 0.2) is 22.8 Å². The molecule has 4 nitrogen and oxygen atoms in total. The molecule has 17 heavy (non-hydrogen) atoms. The normalized spacial score (nSPS) is 10.5. The van der Waals surface area contributed by atoms with E-state index >= 15 is 0 Å². The number of methoxy groups -OCH3 is 2. The molecule has 0 unspecified atom stereocenters. The second-order valence-electron chi connectivity index (χ2n) is 3.64. The van der Waals surface area contributed by atoms with E-state index in [4.69, 9.17) is 9.47 Å². The Bertz CT molecular complexity index is 323. The molecule has 0 saturated heterocycles. The van der Waals surface area contributed by atoms with E-state index in [1.165, 1.54) is 0 Å². The third-order valence-corrected chi connectivity index (χ3v) is 2.81. The zero-order valence-corrected chi connectivity index (χ0v) is 11.9. The lowest BCUT2D eigenvalue weighted by Crippen LogP contribution is -2.29. The van der Waals surface area contributed by atoms with Crippen molar-refractivity contribution in [2.24, 2.45) is 0 Å². The highest BCUT2D eigenvalue weighted by atomic mass is 79.9. The Balaban J connectivity index is 2.60. The van der Waals surface area contributed by atoms with Crippen molar-refractivity contribution in [3.05, 3.63) is 22.8 Å². The molecule has 0 spiro atoms. The standard InChI is InChI=1S/C12H19BrN2O2/c1-16-9-4-7-15(8-10-17-2)12-6-3-5-11(13)14-12/h3,5-6H,4,7-10H2,1-2H3. The zero-order valence-electron chi connectivity index (χ0n) is 10.4. The fraction of sp³-hybridized carbons (Fsp3) is 0.583. The Morgan fingerprint density at radius 3 is 2.59 bits per heavy atom. The van der Waals surface area contributed by atoms with Gasteiger partial charge in [0.1, 0.15) is 10.4 Å². The summed E-state index contributed by atoms with van der Waals surface area (Å²) in [5.41, 5.74) is 0. The fourth-order valence-corrected chi connectivity index (χ4v) is 1.85. The highest BCUT2D eigenvalue weighted by molar-refractivity contribution is 9.10. The van der Waals surface area contributed by atoms with Crippen LogP contribution in [0.5, 0.6) is 0 Å². The van der Waals surface area contributed by atoms with Crippen LogP contribution >= 0.6 is 15.9 Å². The monoisotopic (exact) mass is 302 g/mol. The van der Waals surface area contributed by atoms with Crippen molar-refractivity contribution in [1.82, 2.24) is 4.98 Å². The van der Waals surface area contributed by atoms with E-state index in [0.29, 0.717) is 6.61 Å². The first kappa shape index (κ1) is 14.4. The number of ether oxygens (including phenoxy) is 2. The molecule has 0 atom stereocenters. The summed E-state index contributed by atoms with van der Waals surface area (Å²) >= 11 is 3.39. The summed E-state index contributed by atoms with van der Waals surface area (Å²) in [6.45, 7) is 3.21. The number of nitrogens with zero attached hydrogens (tertiary/aromatic N) is 2. The van der Waals surface area contributed by atoms with Gasteiger partial charge in [-0.2, -0.15) is 0 Å². The van der Waals surface area contributed by atoms with Gasteiger partial charge in [-0.1, -0.05) is 6.07 Å². The number of hydrogen-bond donors (Lipinski definition) is 0. The van der Waals surface area contributed by atoms with Crippen LogP contribution in [0.1, 0.15) is 6.42 Å². The molecule has 0 N–H and O–H groups in total. The van der Waals surface area contributed by atoms with Gasteiger partial charge in [0.15, 0.2) is 0 Å². The number of halogens is 1. The van der Waals surface area contributed by atoms with Gasteiger partial charge in [-0.25, -0.2) is 4.98 Å². The molecule has 0 aliphatic carbocycles. The van der Waals surface area contributed by atoms with E-state index in [2.05, 4.69) is 25.8 Å². The van der Waals surface area contributed by atoms with Crippen LogP contribution in [0.25, 0.3) is 0 Å². The van der Waals surface area contributed by atoms with E-state index in [-0.39, 0.29) is 0 Å². The van der Waals surface area contributed by atoms with Gasteiger partial charge in [0, 0.05) is 33.9 Å². The molecule has 0 bridgehead atoms. The number of aromatic nitrogens is 1. The van der Waals surface area contributed by atoms with Gasteiger partial charge in [-0.3, -0.25) is 0 Å². The average Bonchev–Trinajstić information content (AvgIpc) is 2.33. The van der Waals surface area contributed by atoms with Crippen LogP contribution in [0.3, 0.4) is 0 Å². The summed E-state index contributed by atoms with van der Waals surface area (Å²) in [6.07, 6.45) is 0.981. The van der Waals surface area contributed by atoms with Gasteiger partial charge >= 0.3 is 0 Å². The minimum atomic E-state index is 0.696. The van der Waals surface area contributed by atoms with Crippen LogP contribution in [0, 0.1) is 0 Å². The van der Waals surface area contributed by atoms with E-state index in [0.717, 1.165) is 36.5 Å². The minimum Gasteiger partial charge on any atom is -0.385 e. The van der Waals surface area contributed by atoms with Crippen LogP contribution in [0.2, 0.25) is 0 Å². The predicted octanol–water partition coefficient (Wildman–Crippen LogP) is 2.33. The van der Waals surface area contributed by atoms with E-state index in [1.54, 1.807) is 14.2 Å². The predicted molar refractivity (Wildman–Crippen MR) is 72.5 cm³/mol. The van der Waals surface area contributed by atoms with Gasteiger partial charge in [0.25, 0.3) is 0 Å². The molecule has 5 heteroatoms. The van der Waals surface area contributed by atoms with Crippen LogP contribution in [-0.4, -0.2) is 45.5 Å². The fourth-order valence-electron chi connectivity index (χ4n) is 1.52. The molecule has 96 valence electrons. The first-order valence-corrected chi connectivity index (χ1v) is 6.42. The first-order valence-electron chi connectivity index (χ1n) is 5.63. The number of rotatable bonds is 8. The molecule has 1 aromatic rings. The van der Waals surface area contributed by atoms with Gasteiger partial charge < -0.3 is 14.4 Å². The Morgan fingerprint density at radius 1 is 1.18 bits per heavy atom. The van der Waals surface area contributed by atoms with Gasteiger partial charge in [-0.15, -0.1) is 0 Å². The highest BCUT2D eigenvalue weighted by Gasteiger charge is 2.07.